The lowest BCUT2D eigenvalue weighted by molar-refractivity contribution is -0.113. The molecule has 0 spiro atoms. The number of thiazole rings is 1. The molecule has 0 bridgehead atoms. The van der Waals surface area contributed by atoms with Gasteiger partial charge >= 0.3 is 0 Å². The van der Waals surface area contributed by atoms with Crippen LogP contribution in [-0.2, 0) is 14.8 Å². The standard InChI is InChI=1S/C17H21N3O3S3/c1-13-11-24-17(18-13)25-12-16(21)19-14-6-5-7-15(10-14)26(22,23)20-8-3-2-4-9-20/h5-7,10-11H,2-4,8-9,12H2,1H3,(H,19,21). The Bertz CT molecular complexity index is 874. The van der Waals surface area contributed by atoms with Crippen LogP contribution in [0.1, 0.15) is 25.0 Å². The number of thioether (sulfide) groups is 1. The van der Waals surface area contributed by atoms with E-state index in [1.807, 2.05) is 12.3 Å². The monoisotopic (exact) mass is 411 g/mol. The molecule has 1 aromatic heterocycles. The Hall–Kier alpha value is -1.42. The number of aryl methyl sites for hydroxylation is 1. The third-order valence-corrected chi connectivity index (χ3v) is 8.03. The minimum atomic E-state index is -3.50. The molecule has 26 heavy (non-hydrogen) atoms. The Balaban J connectivity index is 1.64. The fourth-order valence-corrected chi connectivity index (χ4v) is 5.92. The van der Waals surface area contributed by atoms with Crippen molar-refractivity contribution in [2.24, 2.45) is 0 Å². The Morgan fingerprint density at radius 3 is 2.77 bits per heavy atom. The summed E-state index contributed by atoms with van der Waals surface area (Å²) in [6.45, 7) is 3.03. The summed E-state index contributed by atoms with van der Waals surface area (Å²) in [5.41, 5.74) is 1.43. The van der Waals surface area contributed by atoms with Crippen molar-refractivity contribution in [2.75, 3.05) is 24.2 Å². The number of hydrogen-bond acceptors (Lipinski definition) is 6. The number of carbonyl (C=O) groups is 1. The van der Waals surface area contributed by atoms with Gasteiger partial charge in [0, 0.05) is 29.9 Å². The normalized spacial score (nSPS) is 15.7. The van der Waals surface area contributed by atoms with E-state index in [0.29, 0.717) is 18.8 Å². The first-order valence-corrected chi connectivity index (χ1v) is 11.7. The summed E-state index contributed by atoms with van der Waals surface area (Å²) >= 11 is 2.88. The number of aromatic nitrogens is 1. The Morgan fingerprint density at radius 1 is 1.31 bits per heavy atom. The molecule has 1 aliphatic heterocycles. The number of piperidine rings is 1. The maximum absolute atomic E-state index is 12.7. The maximum Gasteiger partial charge on any atom is 0.243 e. The van der Waals surface area contributed by atoms with E-state index in [1.54, 1.807) is 18.2 Å². The summed E-state index contributed by atoms with van der Waals surface area (Å²) in [6.07, 6.45) is 2.85. The van der Waals surface area contributed by atoms with Gasteiger partial charge in [0.15, 0.2) is 4.34 Å². The number of nitrogens with zero attached hydrogens (tertiary/aromatic N) is 2. The van der Waals surface area contributed by atoms with Crippen LogP contribution in [0.25, 0.3) is 0 Å². The van der Waals surface area contributed by atoms with Gasteiger partial charge in [-0.05, 0) is 38.0 Å². The van der Waals surface area contributed by atoms with Crippen LogP contribution in [0.15, 0.2) is 38.9 Å². The number of hydrogen-bond donors (Lipinski definition) is 1. The van der Waals surface area contributed by atoms with Gasteiger partial charge in [-0.15, -0.1) is 11.3 Å². The topological polar surface area (TPSA) is 79.4 Å². The molecule has 0 radical (unpaired) electrons. The first kappa shape index (κ1) is 19.3. The molecular formula is C17H21N3O3S3. The van der Waals surface area contributed by atoms with Gasteiger partial charge in [-0.2, -0.15) is 4.31 Å². The van der Waals surface area contributed by atoms with Gasteiger partial charge in [-0.25, -0.2) is 13.4 Å². The van der Waals surface area contributed by atoms with Gasteiger partial charge in [0.2, 0.25) is 15.9 Å². The van der Waals surface area contributed by atoms with Crippen molar-refractivity contribution < 1.29 is 13.2 Å². The zero-order valence-corrected chi connectivity index (χ0v) is 16.9. The van der Waals surface area contributed by atoms with Crippen molar-refractivity contribution in [3.8, 4) is 0 Å². The first-order chi connectivity index (χ1) is 12.4. The molecule has 1 saturated heterocycles. The first-order valence-electron chi connectivity index (χ1n) is 8.40. The second-order valence-corrected chi connectivity index (χ2v) is 10.1. The van der Waals surface area contributed by atoms with Crippen LogP contribution in [-0.4, -0.2) is 42.5 Å². The van der Waals surface area contributed by atoms with Crippen LogP contribution in [0.3, 0.4) is 0 Å². The molecule has 2 heterocycles. The zero-order valence-electron chi connectivity index (χ0n) is 14.5. The maximum atomic E-state index is 12.7. The Labute approximate surface area is 162 Å². The van der Waals surface area contributed by atoms with Gasteiger partial charge in [0.05, 0.1) is 10.6 Å². The molecule has 140 valence electrons. The third kappa shape index (κ3) is 4.85. The highest BCUT2D eigenvalue weighted by molar-refractivity contribution is 8.01. The minimum absolute atomic E-state index is 0.185. The number of nitrogens with one attached hydrogen (secondary N) is 1. The van der Waals surface area contributed by atoms with Crippen LogP contribution in [0.5, 0.6) is 0 Å². The molecule has 0 aliphatic carbocycles. The highest BCUT2D eigenvalue weighted by Gasteiger charge is 2.26. The van der Waals surface area contributed by atoms with E-state index in [2.05, 4.69) is 10.3 Å². The summed E-state index contributed by atoms with van der Waals surface area (Å²) in [6, 6.07) is 6.46. The number of amides is 1. The van der Waals surface area contributed by atoms with E-state index in [-0.39, 0.29) is 16.6 Å². The van der Waals surface area contributed by atoms with Crippen molar-refractivity contribution in [1.82, 2.24) is 9.29 Å². The molecule has 1 fully saturated rings. The van der Waals surface area contributed by atoms with Crippen molar-refractivity contribution in [1.29, 1.82) is 0 Å². The summed E-state index contributed by atoms with van der Waals surface area (Å²) in [7, 11) is -3.50. The molecule has 0 unspecified atom stereocenters. The summed E-state index contributed by atoms with van der Waals surface area (Å²) in [4.78, 5) is 16.7. The molecule has 1 amide bonds. The minimum Gasteiger partial charge on any atom is -0.325 e. The lowest BCUT2D eigenvalue weighted by Gasteiger charge is -2.26. The highest BCUT2D eigenvalue weighted by Crippen LogP contribution is 2.24. The molecule has 6 nitrogen and oxygen atoms in total. The number of anilines is 1. The van der Waals surface area contributed by atoms with Gasteiger partial charge in [0.25, 0.3) is 0 Å². The molecule has 1 N–H and O–H groups in total. The van der Waals surface area contributed by atoms with Crippen molar-refractivity contribution >= 4 is 44.7 Å². The quantitative estimate of drug-likeness (QED) is 0.738. The highest BCUT2D eigenvalue weighted by atomic mass is 32.2. The van der Waals surface area contributed by atoms with Gasteiger partial charge in [-0.3, -0.25) is 4.79 Å². The lowest BCUT2D eigenvalue weighted by Crippen LogP contribution is -2.35. The predicted molar refractivity (Wildman–Crippen MR) is 105 cm³/mol. The number of benzene rings is 1. The molecule has 1 aromatic carbocycles. The van der Waals surface area contributed by atoms with E-state index in [0.717, 1.165) is 29.3 Å². The summed E-state index contributed by atoms with van der Waals surface area (Å²) in [5.74, 6) is 0.0474. The molecule has 0 saturated carbocycles. The lowest BCUT2D eigenvalue weighted by atomic mass is 10.2. The third-order valence-electron chi connectivity index (χ3n) is 4.00. The van der Waals surface area contributed by atoms with Crippen LogP contribution in [0.4, 0.5) is 5.69 Å². The van der Waals surface area contributed by atoms with E-state index in [9.17, 15) is 13.2 Å². The van der Waals surface area contributed by atoms with Crippen molar-refractivity contribution in [2.45, 2.75) is 35.4 Å². The molecule has 3 rings (SSSR count). The van der Waals surface area contributed by atoms with Crippen LogP contribution < -0.4 is 5.32 Å². The molecule has 9 heteroatoms. The van der Waals surface area contributed by atoms with Crippen molar-refractivity contribution in [3.63, 3.8) is 0 Å². The largest absolute Gasteiger partial charge is 0.325 e. The van der Waals surface area contributed by atoms with Gasteiger partial charge < -0.3 is 5.32 Å². The van der Waals surface area contributed by atoms with Crippen LogP contribution in [0, 0.1) is 6.92 Å². The van der Waals surface area contributed by atoms with E-state index < -0.39 is 10.0 Å². The second-order valence-electron chi connectivity index (χ2n) is 6.08. The molecule has 2 aromatic rings. The molecule has 1 aliphatic rings. The fraction of sp³-hybridized carbons (Fsp3) is 0.412. The van der Waals surface area contributed by atoms with E-state index >= 15 is 0 Å². The molecular weight excluding hydrogens is 390 g/mol. The van der Waals surface area contributed by atoms with Crippen molar-refractivity contribution in [3.05, 3.63) is 35.3 Å². The smallest absolute Gasteiger partial charge is 0.243 e. The average molecular weight is 412 g/mol. The molecule has 0 atom stereocenters. The second kappa shape index (κ2) is 8.51. The zero-order chi connectivity index (χ0) is 18.6. The van der Waals surface area contributed by atoms with E-state index in [4.69, 9.17) is 0 Å². The SMILES string of the molecule is Cc1csc(SCC(=O)Nc2cccc(S(=O)(=O)N3CCCCC3)c2)n1. The Kier molecular flexibility index (Phi) is 6.33. The van der Waals surface area contributed by atoms with Crippen LogP contribution in [0.2, 0.25) is 0 Å². The van der Waals surface area contributed by atoms with Gasteiger partial charge in [0.1, 0.15) is 0 Å². The van der Waals surface area contributed by atoms with Gasteiger partial charge in [-0.1, -0.05) is 24.2 Å². The summed E-state index contributed by atoms with van der Waals surface area (Å²) in [5, 5.41) is 4.71. The Morgan fingerprint density at radius 2 is 2.08 bits per heavy atom. The van der Waals surface area contributed by atoms with E-state index in [1.165, 1.54) is 33.5 Å². The van der Waals surface area contributed by atoms with Crippen LogP contribution >= 0.6 is 23.1 Å². The fourth-order valence-electron chi connectivity index (χ4n) is 2.71. The number of carbonyl (C=O) groups excluding carboxylic acids is 1. The average Bonchev–Trinajstić information content (AvgIpc) is 3.06. The summed E-state index contributed by atoms with van der Waals surface area (Å²) < 4.78 is 27.9. The predicted octanol–water partition coefficient (Wildman–Crippen LogP) is 3.36. The number of rotatable bonds is 6. The number of sulfonamides is 1.